The summed E-state index contributed by atoms with van der Waals surface area (Å²) in [7, 11) is 0. The summed E-state index contributed by atoms with van der Waals surface area (Å²) >= 11 is 0. The maximum absolute atomic E-state index is 13.6. The molecule has 0 amide bonds. The van der Waals surface area contributed by atoms with Gasteiger partial charge in [0.25, 0.3) is 0 Å². The smallest absolute Gasteiger partial charge is 0.123 e. The summed E-state index contributed by atoms with van der Waals surface area (Å²) < 4.78 is 27.3. The van der Waals surface area contributed by atoms with Gasteiger partial charge in [0.05, 0.1) is 0 Å². The molecule has 0 nitrogen and oxygen atoms in total. The Hall–Kier alpha value is -3.78. The molecule has 0 fully saturated rings. The summed E-state index contributed by atoms with van der Waals surface area (Å²) in [6.07, 6.45) is 0. The zero-order valence-electron chi connectivity index (χ0n) is 16.0. The minimum atomic E-state index is -0.245. The molecule has 0 radical (unpaired) electrons. The first-order valence-corrected chi connectivity index (χ1v) is 9.93. The summed E-state index contributed by atoms with van der Waals surface area (Å²) in [6, 6.07) is 30.1. The summed E-state index contributed by atoms with van der Waals surface area (Å²) in [5.74, 6) is -0.490. The van der Waals surface area contributed by atoms with Gasteiger partial charge in [0.15, 0.2) is 0 Å². The van der Waals surface area contributed by atoms with Crippen LogP contribution in [0, 0.1) is 11.6 Å². The van der Waals surface area contributed by atoms with Crippen molar-refractivity contribution in [3.05, 3.63) is 142 Å². The molecule has 2 aliphatic rings. The number of rotatable bonds is 2. The first-order chi connectivity index (χ1) is 14.7. The molecule has 0 spiro atoms. The number of benzene rings is 4. The number of allylic oxidation sites excluding steroid dienone is 2. The monoisotopic (exact) mass is 390 g/mol. The number of fused-ring (bicyclic) bond motifs is 5. The van der Waals surface area contributed by atoms with Crippen LogP contribution in [0.4, 0.5) is 8.78 Å². The minimum absolute atomic E-state index is 0.245. The van der Waals surface area contributed by atoms with Gasteiger partial charge in [-0.05, 0) is 79.9 Å². The second-order valence-electron chi connectivity index (χ2n) is 7.60. The van der Waals surface area contributed by atoms with Crippen molar-refractivity contribution >= 4 is 22.3 Å². The largest absolute Gasteiger partial charge is 0.207 e. The third-order valence-corrected chi connectivity index (χ3v) is 5.95. The van der Waals surface area contributed by atoms with Crippen LogP contribution >= 0.6 is 0 Å². The molecule has 6 rings (SSSR count). The lowest BCUT2D eigenvalue weighted by atomic mass is 9.92. The van der Waals surface area contributed by atoms with Crippen LogP contribution in [0.2, 0.25) is 0 Å². The van der Waals surface area contributed by atoms with Crippen LogP contribution in [-0.2, 0) is 0 Å². The molecule has 0 saturated heterocycles. The van der Waals surface area contributed by atoms with Crippen molar-refractivity contribution in [1.29, 1.82) is 0 Å². The lowest BCUT2D eigenvalue weighted by Gasteiger charge is -2.11. The molecule has 0 N–H and O–H groups in total. The molecule has 2 heteroatoms. The second kappa shape index (κ2) is 6.36. The van der Waals surface area contributed by atoms with Gasteiger partial charge < -0.3 is 0 Å². The van der Waals surface area contributed by atoms with Crippen molar-refractivity contribution in [2.45, 2.75) is 0 Å². The van der Waals surface area contributed by atoms with E-state index in [4.69, 9.17) is 0 Å². The van der Waals surface area contributed by atoms with Crippen molar-refractivity contribution in [2.75, 3.05) is 0 Å². The van der Waals surface area contributed by atoms with Gasteiger partial charge in [0.2, 0.25) is 0 Å². The van der Waals surface area contributed by atoms with Crippen LogP contribution in [0.5, 0.6) is 0 Å². The minimum Gasteiger partial charge on any atom is -0.207 e. The van der Waals surface area contributed by atoms with Crippen LogP contribution < -0.4 is 0 Å². The van der Waals surface area contributed by atoms with Crippen LogP contribution in [-0.4, -0.2) is 0 Å². The molecule has 0 unspecified atom stereocenters. The van der Waals surface area contributed by atoms with E-state index >= 15 is 0 Å². The Morgan fingerprint density at radius 1 is 0.333 bits per heavy atom. The Kier molecular flexibility index (Phi) is 3.63. The summed E-state index contributed by atoms with van der Waals surface area (Å²) in [5, 5.41) is 0. The van der Waals surface area contributed by atoms with Gasteiger partial charge in [-0.15, -0.1) is 0 Å². The average Bonchev–Trinajstić information content (AvgIpc) is 3.28. The number of hydrogen-bond donors (Lipinski definition) is 0. The fraction of sp³-hybridized carbons (Fsp3) is 0. The Bertz CT molecular complexity index is 1260. The summed E-state index contributed by atoms with van der Waals surface area (Å²) in [6.45, 7) is 0. The second-order valence-corrected chi connectivity index (χ2v) is 7.60. The molecule has 0 saturated carbocycles. The van der Waals surface area contributed by atoms with E-state index in [1.165, 1.54) is 24.3 Å². The van der Waals surface area contributed by atoms with Crippen molar-refractivity contribution in [3.8, 4) is 0 Å². The van der Waals surface area contributed by atoms with E-state index in [-0.39, 0.29) is 11.6 Å². The van der Waals surface area contributed by atoms with Crippen LogP contribution in [0.1, 0.15) is 33.4 Å². The standard InChI is InChI=1S/C28H16F2/c29-19-13-9-17(10-14-19)25-21-5-1-3-7-23(21)27-26(18-11-15-20(30)16-12-18)22-6-2-4-8-24(22)28(25)27/h1-16H. The van der Waals surface area contributed by atoms with Crippen LogP contribution in [0.25, 0.3) is 22.3 Å². The van der Waals surface area contributed by atoms with Crippen molar-refractivity contribution in [2.24, 2.45) is 0 Å². The predicted octanol–water partition coefficient (Wildman–Crippen LogP) is 7.21. The number of hydrogen-bond acceptors (Lipinski definition) is 0. The highest BCUT2D eigenvalue weighted by molar-refractivity contribution is 6.35. The Balaban J connectivity index is 1.75. The Morgan fingerprint density at radius 2 is 0.633 bits per heavy atom. The Labute approximate surface area is 173 Å². The third-order valence-electron chi connectivity index (χ3n) is 5.95. The van der Waals surface area contributed by atoms with Gasteiger partial charge in [-0.25, -0.2) is 8.78 Å². The van der Waals surface area contributed by atoms with Gasteiger partial charge in [-0.3, -0.25) is 0 Å². The molecule has 4 aromatic carbocycles. The van der Waals surface area contributed by atoms with E-state index in [9.17, 15) is 8.78 Å². The average molecular weight is 390 g/mol. The fourth-order valence-electron chi connectivity index (χ4n) is 4.73. The van der Waals surface area contributed by atoms with Crippen molar-refractivity contribution < 1.29 is 8.78 Å². The molecule has 0 atom stereocenters. The van der Waals surface area contributed by atoms with Gasteiger partial charge in [-0.2, -0.15) is 0 Å². The molecule has 4 aromatic rings. The summed E-state index contributed by atoms with van der Waals surface area (Å²) in [5.41, 5.74) is 11.1. The molecule has 30 heavy (non-hydrogen) atoms. The quantitative estimate of drug-likeness (QED) is 0.339. The lowest BCUT2D eigenvalue weighted by Crippen LogP contribution is -1.92. The van der Waals surface area contributed by atoms with E-state index in [0.717, 1.165) is 55.7 Å². The van der Waals surface area contributed by atoms with Gasteiger partial charge >= 0.3 is 0 Å². The fourth-order valence-corrected chi connectivity index (χ4v) is 4.73. The van der Waals surface area contributed by atoms with Crippen molar-refractivity contribution in [3.63, 3.8) is 0 Å². The van der Waals surface area contributed by atoms with E-state index in [1.807, 2.05) is 48.5 Å². The van der Waals surface area contributed by atoms with E-state index in [0.29, 0.717) is 0 Å². The Morgan fingerprint density at radius 3 is 0.967 bits per heavy atom. The first-order valence-electron chi connectivity index (χ1n) is 9.93. The van der Waals surface area contributed by atoms with Crippen molar-refractivity contribution in [1.82, 2.24) is 0 Å². The molecular formula is C28H16F2. The topological polar surface area (TPSA) is 0 Å². The van der Waals surface area contributed by atoms with Gasteiger partial charge in [0, 0.05) is 0 Å². The predicted molar refractivity (Wildman–Crippen MR) is 118 cm³/mol. The molecular weight excluding hydrogens is 374 g/mol. The maximum Gasteiger partial charge on any atom is 0.123 e. The molecule has 0 aliphatic heterocycles. The molecule has 0 heterocycles. The number of halogens is 2. The highest BCUT2D eigenvalue weighted by Crippen LogP contribution is 2.58. The van der Waals surface area contributed by atoms with Gasteiger partial charge in [0.1, 0.15) is 11.6 Å². The zero-order chi connectivity index (χ0) is 20.2. The highest BCUT2D eigenvalue weighted by Gasteiger charge is 2.36. The van der Waals surface area contributed by atoms with E-state index in [1.54, 1.807) is 0 Å². The maximum atomic E-state index is 13.6. The van der Waals surface area contributed by atoms with E-state index < -0.39 is 0 Å². The van der Waals surface area contributed by atoms with E-state index in [2.05, 4.69) is 24.3 Å². The molecule has 0 aromatic heterocycles. The zero-order valence-corrected chi connectivity index (χ0v) is 16.0. The molecule has 0 bridgehead atoms. The first kappa shape index (κ1) is 17.1. The lowest BCUT2D eigenvalue weighted by molar-refractivity contribution is 0.627. The van der Waals surface area contributed by atoms with Crippen LogP contribution in [0.3, 0.4) is 0 Å². The third kappa shape index (κ3) is 2.37. The highest BCUT2D eigenvalue weighted by atomic mass is 19.1. The molecule has 2 aliphatic carbocycles. The normalized spacial score (nSPS) is 14.1. The van der Waals surface area contributed by atoms with Gasteiger partial charge in [-0.1, -0.05) is 72.8 Å². The van der Waals surface area contributed by atoms with Crippen LogP contribution in [0.15, 0.2) is 97.1 Å². The molecule has 142 valence electrons. The SMILES string of the molecule is Fc1ccc(C2=C3C(=C(c4ccc(F)cc4)c4ccccc43)c3ccccc32)cc1. The summed E-state index contributed by atoms with van der Waals surface area (Å²) in [4.78, 5) is 0.